The van der Waals surface area contributed by atoms with Gasteiger partial charge in [0.1, 0.15) is 11.3 Å². The molecule has 7 heteroatoms. The van der Waals surface area contributed by atoms with Crippen molar-refractivity contribution in [1.82, 2.24) is 10.3 Å². The number of hydrogen-bond donors (Lipinski definition) is 2. The van der Waals surface area contributed by atoms with Gasteiger partial charge in [-0.25, -0.2) is 4.79 Å². The molecule has 0 radical (unpaired) electrons. The number of rotatable bonds is 10. The second-order valence-corrected chi connectivity index (χ2v) is 6.20. The molecular formula is C21H25N3O4. The number of carbonyl (C=O) groups excluding carboxylic acids is 1. The summed E-state index contributed by atoms with van der Waals surface area (Å²) in [6.07, 6.45) is 4.44. The van der Waals surface area contributed by atoms with Crippen LogP contribution in [0.5, 0.6) is 5.75 Å². The second kappa shape index (κ2) is 9.87. The van der Waals surface area contributed by atoms with Gasteiger partial charge in [-0.3, -0.25) is 4.98 Å². The van der Waals surface area contributed by atoms with Crippen LogP contribution in [-0.2, 0) is 17.8 Å². The van der Waals surface area contributed by atoms with Gasteiger partial charge in [-0.05, 0) is 43.7 Å². The highest BCUT2D eigenvalue weighted by atomic mass is 16.5. The van der Waals surface area contributed by atoms with E-state index in [1.165, 1.54) is 0 Å². The van der Waals surface area contributed by atoms with E-state index >= 15 is 0 Å². The first-order chi connectivity index (χ1) is 13.7. The molecule has 3 aromatic rings. The van der Waals surface area contributed by atoms with Gasteiger partial charge in [0.2, 0.25) is 5.76 Å². The first-order valence-corrected chi connectivity index (χ1v) is 9.38. The molecule has 28 heavy (non-hydrogen) atoms. The molecule has 2 heterocycles. The number of esters is 1. The number of hydrogen-bond acceptors (Lipinski definition) is 7. The molecule has 0 fully saturated rings. The van der Waals surface area contributed by atoms with Crippen LogP contribution in [0, 0.1) is 0 Å². The number of benzene rings is 1. The van der Waals surface area contributed by atoms with Gasteiger partial charge in [0.15, 0.2) is 0 Å². The van der Waals surface area contributed by atoms with Crippen LogP contribution in [0.3, 0.4) is 0 Å². The highest BCUT2D eigenvalue weighted by Gasteiger charge is 2.23. The van der Waals surface area contributed by atoms with Crippen LogP contribution in [0.2, 0.25) is 0 Å². The molecule has 3 N–H and O–H groups in total. The number of aromatic nitrogens is 1. The Morgan fingerprint density at radius 3 is 2.93 bits per heavy atom. The van der Waals surface area contributed by atoms with Crippen LogP contribution in [0.15, 0.2) is 47.1 Å². The normalized spacial score (nSPS) is 10.9. The lowest BCUT2D eigenvalue weighted by molar-refractivity contribution is 0.0491. The average molecular weight is 383 g/mol. The summed E-state index contributed by atoms with van der Waals surface area (Å²) in [5.41, 5.74) is 8.19. The first kappa shape index (κ1) is 19.9. The summed E-state index contributed by atoms with van der Waals surface area (Å²) in [5, 5.41) is 4.09. The Morgan fingerprint density at radius 2 is 2.18 bits per heavy atom. The molecule has 0 aliphatic heterocycles. The third kappa shape index (κ3) is 4.68. The minimum Gasteiger partial charge on any atom is -0.493 e. The van der Waals surface area contributed by atoms with Crippen LogP contribution < -0.4 is 15.8 Å². The van der Waals surface area contributed by atoms with Gasteiger partial charge in [0.05, 0.1) is 18.6 Å². The van der Waals surface area contributed by atoms with E-state index in [9.17, 15) is 4.79 Å². The van der Waals surface area contributed by atoms with Crippen LogP contribution in [0.25, 0.3) is 11.0 Å². The number of pyridine rings is 1. The van der Waals surface area contributed by atoms with Gasteiger partial charge in [-0.15, -0.1) is 0 Å². The molecule has 0 saturated carbocycles. The Labute approximate surface area is 163 Å². The lowest BCUT2D eigenvalue weighted by Gasteiger charge is -2.09. The Bertz CT molecular complexity index is 909. The van der Waals surface area contributed by atoms with Crippen molar-refractivity contribution in [3.63, 3.8) is 0 Å². The van der Waals surface area contributed by atoms with Crippen molar-refractivity contribution in [3.05, 3.63) is 59.6 Å². The van der Waals surface area contributed by atoms with Crippen molar-refractivity contribution in [2.75, 3.05) is 19.8 Å². The van der Waals surface area contributed by atoms with E-state index in [1.807, 2.05) is 30.5 Å². The molecule has 3 rings (SSSR count). The third-order valence-corrected chi connectivity index (χ3v) is 4.25. The molecule has 1 aromatic carbocycles. The molecular weight excluding hydrogens is 358 g/mol. The zero-order valence-corrected chi connectivity index (χ0v) is 15.9. The number of nitrogens with zero attached hydrogens (tertiary/aromatic N) is 1. The minimum absolute atomic E-state index is 0.147. The van der Waals surface area contributed by atoms with Crippen molar-refractivity contribution in [2.24, 2.45) is 5.73 Å². The maximum Gasteiger partial charge on any atom is 0.374 e. The number of nitrogens with two attached hydrogens (primary N) is 1. The van der Waals surface area contributed by atoms with Crippen LogP contribution in [0.4, 0.5) is 0 Å². The van der Waals surface area contributed by atoms with E-state index in [0.717, 1.165) is 30.5 Å². The van der Waals surface area contributed by atoms with Gasteiger partial charge in [-0.1, -0.05) is 12.1 Å². The smallest absolute Gasteiger partial charge is 0.374 e. The maximum atomic E-state index is 12.1. The van der Waals surface area contributed by atoms with Crippen molar-refractivity contribution in [3.8, 4) is 5.75 Å². The standard InChI is InChI=1S/C21H25N3O4/c1-2-26-21(25)20-16(12-22)19-17(7-3-8-18(19)28-20)27-11-5-10-24-14-15-6-4-9-23-13-15/h3-4,6-9,13,24H,2,5,10-12,14,22H2,1H3. The molecule has 0 amide bonds. The number of fused-ring (bicyclic) bond motifs is 1. The monoisotopic (exact) mass is 383 g/mol. The predicted octanol–water partition coefficient (Wildman–Crippen LogP) is 3.02. The fraction of sp³-hybridized carbons (Fsp3) is 0.333. The summed E-state index contributed by atoms with van der Waals surface area (Å²) in [5.74, 6) is 0.294. The Morgan fingerprint density at radius 1 is 1.29 bits per heavy atom. The summed E-state index contributed by atoms with van der Waals surface area (Å²) < 4.78 is 16.7. The Balaban J connectivity index is 1.60. The molecule has 0 saturated heterocycles. The third-order valence-electron chi connectivity index (χ3n) is 4.25. The van der Waals surface area contributed by atoms with Crippen molar-refractivity contribution in [2.45, 2.75) is 26.4 Å². The highest BCUT2D eigenvalue weighted by Crippen LogP contribution is 2.34. The zero-order chi connectivity index (χ0) is 19.8. The molecule has 7 nitrogen and oxygen atoms in total. The van der Waals surface area contributed by atoms with Gasteiger partial charge in [-0.2, -0.15) is 0 Å². The highest BCUT2D eigenvalue weighted by molar-refractivity contribution is 5.98. The average Bonchev–Trinajstić information content (AvgIpc) is 3.11. The van der Waals surface area contributed by atoms with E-state index in [-0.39, 0.29) is 18.9 Å². The molecule has 0 aliphatic carbocycles. The summed E-state index contributed by atoms with van der Waals surface area (Å²) in [7, 11) is 0. The largest absolute Gasteiger partial charge is 0.493 e. The van der Waals surface area contributed by atoms with Gasteiger partial charge >= 0.3 is 5.97 Å². The Hall–Kier alpha value is -2.90. The SMILES string of the molecule is CCOC(=O)c1oc2cccc(OCCCNCc3cccnc3)c2c1CN. The number of furan rings is 1. The first-order valence-electron chi connectivity index (χ1n) is 9.38. The fourth-order valence-electron chi connectivity index (χ4n) is 2.97. The molecule has 0 bridgehead atoms. The van der Waals surface area contributed by atoms with Crippen molar-refractivity contribution >= 4 is 16.9 Å². The zero-order valence-electron chi connectivity index (χ0n) is 15.9. The maximum absolute atomic E-state index is 12.1. The van der Waals surface area contributed by atoms with E-state index in [0.29, 0.717) is 23.5 Å². The minimum atomic E-state index is -0.510. The fourth-order valence-corrected chi connectivity index (χ4v) is 2.97. The quantitative estimate of drug-likeness (QED) is 0.410. The van der Waals surface area contributed by atoms with Gasteiger partial charge < -0.3 is 24.9 Å². The van der Waals surface area contributed by atoms with E-state index < -0.39 is 5.97 Å². The molecule has 0 unspecified atom stereocenters. The lowest BCUT2D eigenvalue weighted by Crippen LogP contribution is -2.17. The van der Waals surface area contributed by atoms with E-state index in [1.54, 1.807) is 19.2 Å². The predicted molar refractivity (Wildman–Crippen MR) is 106 cm³/mol. The van der Waals surface area contributed by atoms with Crippen LogP contribution in [0.1, 0.15) is 35.0 Å². The molecule has 0 spiro atoms. The van der Waals surface area contributed by atoms with Crippen molar-refractivity contribution < 1.29 is 18.7 Å². The summed E-state index contributed by atoms with van der Waals surface area (Å²) >= 11 is 0. The molecule has 148 valence electrons. The number of nitrogens with one attached hydrogen (secondary N) is 1. The Kier molecular flexibility index (Phi) is 7.00. The number of ether oxygens (including phenoxy) is 2. The summed E-state index contributed by atoms with van der Waals surface area (Å²) in [6, 6.07) is 9.43. The molecule has 2 aromatic heterocycles. The summed E-state index contributed by atoms with van der Waals surface area (Å²) in [4.78, 5) is 16.2. The molecule has 0 aliphatic rings. The number of carbonyl (C=O) groups is 1. The van der Waals surface area contributed by atoms with Gasteiger partial charge in [0.25, 0.3) is 0 Å². The molecule has 0 atom stereocenters. The van der Waals surface area contributed by atoms with Gasteiger partial charge in [0, 0.05) is 31.0 Å². The second-order valence-electron chi connectivity index (χ2n) is 6.20. The van der Waals surface area contributed by atoms with E-state index in [4.69, 9.17) is 19.6 Å². The van der Waals surface area contributed by atoms with Crippen LogP contribution >= 0.6 is 0 Å². The van der Waals surface area contributed by atoms with Crippen LogP contribution in [-0.4, -0.2) is 30.7 Å². The lowest BCUT2D eigenvalue weighted by atomic mass is 10.1. The van der Waals surface area contributed by atoms with E-state index in [2.05, 4.69) is 10.3 Å². The van der Waals surface area contributed by atoms with Crippen molar-refractivity contribution in [1.29, 1.82) is 0 Å². The summed E-state index contributed by atoms with van der Waals surface area (Å²) in [6.45, 7) is 4.30. The topological polar surface area (TPSA) is 99.6 Å².